The molecule has 118 valence electrons. The van der Waals surface area contributed by atoms with E-state index in [0.717, 1.165) is 16.6 Å². The van der Waals surface area contributed by atoms with Gasteiger partial charge in [0.2, 0.25) is 0 Å². The van der Waals surface area contributed by atoms with Crippen LogP contribution in [0.1, 0.15) is 5.56 Å². The van der Waals surface area contributed by atoms with E-state index in [-0.39, 0.29) is 0 Å². The number of fused-ring (bicyclic) bond motifs is 1. The number of nitrogens with zero attached hydrogens (tertiary/aromatic N) is 5. The molecule has 0 bridgehead atoms. The number of anilines is 2. The van der Waals surface area contributed by atoms with E-state index < -0.39 is 0 Å². The summed E-state index contributed by atoms with van der Waals surface area (Å²) in [5.74, 6) is 1.66. The molecular weight excluding hydrogens is 322 g/mol. The summed E-state index contributed by atoms with van der Waals surface area (Å²) in [5, 5.41) is 3.30. The minimum absolute atomic E-state index is 0.410. The number of nitrogen functional groups attached to an aromatic ring is 1. The van der Waals surface area contributed by atoms with Crippen molar-refractivity contribution in [1.82, 2.24) is 23.7 Å². The second kappa shape index (κ2) is 6.17. The summed E-state index contributed by atoms with van der Waals surface area (Å²) >= 11 is 1.22. The molecule has 0 saturated carbocycles. The average Bonchev–Trinajstić information content (AvgIpc) is 3.10. The number of nitrogens with two attached hydrogens (primary N) is 1. The van der Waals surface area contributed by atoms with Crippen LogP contribution in [0, 0.1) is 0 Å². The highest BCUT2D eigenvalue weighted by Crippen LogP contribution is 2.21. The summed E-state index contributed by atoms with van der Waals surface area (Å²) in [6.07, 6.45) is 3.34. The van der Waals surface area contributed by atoms with Gasteiger partial charge < -0.3 is 11.1 Å². The van der Waals surface area contributed by atoms with Crippen LogP contribution in [-0.4, -0.2) is 23.7 Å². The Morgan fingerprint density at radius 3 is 2.88 bits per heavy atom. The highest BCUT2D eigenvalue weighted by atomic mass is 32.1. The third kappa shape index (κ3) is 2.74. The van der Waals surface area contributed by atoms with E-state index in [0.29, 0.717) is 29.6 Å². The molecule has 0 spiro atoms. The lowest BCUT2D eigenvalue weighted by Gasteiger charge is -2.08. The molecule has 0 aliphatic heterocycles. The zero-order valence-electron chi connectivity index (χ0n) is 12.5. The van der Waals surface area contributed by atoms with Gasteiger partial charge in [0.1, 0.15) is 22.7 Å². The van der Waals surface area contributed by atoms with Crippen LogP contribution < -0.4 is 11.1 Å². The van der Waals surface area contributed by atoms with Crippen LogP contribution in [0.15, 0.2) is 48.8 Å². The molecule has 0 amide bonds. The summed E-state index contributed by atoms with van der Waals surface area (Å²) in [6.45, 7) is 0.599. The molecule has 7 nitrogen and oxygen atoms in total. The van der Waals surface area contributed by atoms with Crippen molar-refractivity contribution in [3.05, 3.63) is 54.4 Å². The quantitative estimate of drug-likeness (QED) is 0.591. The molecule has 3 N–H and O–H groups in total. The van der Waals surface area contributed by atoms with E-state index in [1.807, 2.05) is 36.4 Å². The van der Waals surface area contributed by atoms with Gasteiger partial charge in [-0.1, -0.05) is 12.1 Å². The Kier molecular flexibility index (Phi) is 3.72. The zero-order chi connectivity index (χ0) is 16.4. The van der Waals surface area contributed by atoms with Crippen LogP contribution in [-0.2, 0) is 6.54 Å². The van der Waals surface area contributed by atoms with Crippen molar-refractivity contribution in [3.8, 4) is 11.4 Å². The molecule has 0 radical (unpaired) electrons. The normalized spacial score (nSPS) is 10.8. The molecule has 0 unspecified atom stereocenters. The summed E-state index contributed by atoms with van der Waals surface area (Å²) < 4.78 is 8.59. The van der Waals surface area contributed by atoms with Gasteiger partial charge >= 0.3 is 0 Å². The Balaban J connectivity index is 1.59. The Labute approximate surface area is 142 Å². The van der Waals surface area contributed by atoms with Crippen molar-refractivity contribution in [2.24, 2.45) is 0 Å². The topological polar surface area (TPSA) is 102 Å². The summed E-state index contributed by atoms with van der Waals surface area (Å²) in [6, 6.07) is 11.4. The number of aromatic nitrogens is 5. The Morgan fingerprint density at radius 1 is 1.00 bits per heavy atom. The molecule has 0 saturated heterocycles. The predicted molar refractivity (Wildman–Crippen MR) is 94.4 cm³/mol. The fourth-order valence-electron chi connectivity index (χ4n) is 2.38. The number of pyridine rings is 1. The van der Waals surface area contributed by atoms with E-state index in [1.54, 1.807) is 12.4 Å². The summed E-state index contributed by atoms with van der Waals surface area (Å²) in [4.78, 5) is 12.9. The molecule has 4 aromatic rings. The largest absolute Gasteiger partial charge is 0.383 e. The van der Waals surface area contributed by atoms with E-state index in [4.69, 9.17) is 5.73 Å². The lowest BCUT2D eigenvalue weighted by atomic mass is 10.2. The standard InChI is InChI=1S/C16H13N7S/c17-15-11(4-2-7-18-15)16-19-8-6-13(21-16)20-9-10-3-1-5-12-14(10)23-24-22-12/h1-8H,9H2,(H2,17,18)(H,19,20,21). The minimum atomic E-state index is 0.410. The predicted octanol–water partition coefficient (Wildman–Crippen LogP) is 2.74. The number of nitrogens with one attached hydrogen (secondary N) is 1. The van der Waals surface area contributed by atoms with Gasteiger partial charge in [0.25, 0.3) is 0 Å². The van der Waals surface area contributed by atoms with Crippen LogP contribution in [0.4, 0.5) is 11.6 Å². The molecular formula is C16H13N7S. The maximum absolute atomic E-state index is 5.89. The average molecular weight is 335 g/mol. The van der Waals surface area contributed by atoms with Crippen LogP contribution in [0.5, 0.6) is 0 Å². The van der Waals surface area contributed by atoms with Gasteiger partial charge in [-0.25, -0.2) is 15.0 Å². The van der Waals surface area contributed by atoms with Gasteiger partial charge in [-0.05, 0) is 24.3 Å². The van der Waals surface area contributed by atoms with Gasteiger partial charge in [0.15, 0.2) is 5.82 Å². The van der Waals surface area contributed by atoms with Gasteiger partial charge in [-0.15, -0.1) is 0 Å². The highest BCUT2D eigenvalue weighted by molar-refractivity contribution is 7.00. The van der Waals surface area contributed by atoms with Crippen molar-refractivity contribution in [3.63, 3.8) is 0 Å². The van der Waals surface area contributed by atoms with Gasteiger partial charge in [0, 0.05) is 24.5 Å². The van der Waals surface area contributed by atoms with E-state index in [2.05, 4.69) is 29.0 Å². The summed E-state index contributed by atoms with van der Waals surface area (Å²) in [5.41, 5.74) is 9.50. The lowest BCUT2D eigenvalue weighted by molar-refractivity contribution is 1.09. The fourth-order valence-corrected chi connectivity index (χ4v) is 2.95. The Morgan fingerprint density at radius 2 is 1.96 bits per heavy atom. The van der Waals surface area contributed by atoms with Crippen molar-refractivity contribution in [1.29, 1.82) is 0 Å². The van der Waals surface area contributed by atoms with E-state index in [1.165, 1.54) is 11.7 Å². The lowest BCUT2D eigenvalue weighted by Crippen LogP contribution is -2.04. The summed E-state index contributed by atoms with van der Waals surface area (Å²) in [7, 11) is 0. The molecule has 4 rings (SSSR count). The Bertz CT molecular complexity index is 998. The first-order chi connectivity index (χ1) is 11.8. The van der Waals surface area contributed by atoms with Gasteiger partial charge in [-0.3, -0.25) is 0 Å². The van der Waals surface area contributed by atoms with Gasteiger partial charge in [0.05, 0.1) is 17.3 Å². The monoisotopic (exact) mass is 335 g/mol. The SMILES string of the molecule is Nc1ncccc1-c1nccc(NCc2cccc3nsnc23)n1. The second-order valence-corrected chi connectivity index (χ2v) is 5.63. The maximum atomic E-state index is 5.89. The molecule has 1 aromatic carbocycles. The first-order valence-corrected chi connectivity index (χ1v) is 8.02. The second-order valence-electron chi connectivity index (χ2n) is 5.10. The number of benzene rings is 1. The van der Waals surface area contributed by atoms with Crippen molar-refractivity contribution in [2.45, 2.75) is 6.54 Å². The number of rotatable bonds is 4. The molecule has 0 atom stereocenters. The Hall–Kier alpha value is -3.13. The molecule has 0 aliphatic rings. The fraction of sp³-hybridized carbons (Fsp3) is 0.0625. The smallest absolute Gasteiger partial charge is 0.165 e. The van der Waals surface area contributed by atoms with Crippen LogP contribution in [0.2, 0.25) is 0 Å². The van der Waals surface area contributed by atoms with E-state index >= 15 is 0 Å². The highest BCUT2D eigenvalue weighted by Gasteiger charge is 2.08. The number of hydrogen-bond acceptors (Lipinski definition) is 8. The third-order valence-electron chi connectivity index (χ3n) is 3.56. The molecule has 3 aromatic heterocycles. The molecule has 0 fully saturated rings. The van der Waals surface area contributed by atoms with Crippen LogP contribution >= 0.6 is 11.7 Å². The van der Waals surface area contributed by atoms with Gasteiger partial charge in [-0.2, -0.15) is 8.75 Å². The van der Waals surface area contributed by atoms with Crippen LogP contribution in [0.3, 0.4) is 0 Å². The number of hydrogen-bond donors (Lipinski definition) is 2. The first-order valence-electron chi connectivity index (χ1n) is 7.29. The first kappa shape index (κ1) is 14.5. The zero-order valence-corrected chi connectivity index (χ0v) is 13.4. The molecule has 24 heavy (non-hydrogen) atoms. The molecule has 8 heteroatoms. The minimum Gasteiger partial charge on any atom is -0.383 e. The van der Waals surface area contributed by atoms with Crippen molar-refractivity contribution < 1.29 is 0 Å². The van der Waals surface area contributed by atoms with Crippen molar-refractivity contribution in [2.75, 3.05) is 11.1 Å². The van der Waals surface area contributed by atoms with E-state index in [9.17, 15) is 0 Å². The van der Waals surface area contributed by atoms with Crippen molar-refractivity contribution >= 4 is 34.4 Å². The third-order valence-corrected chi connectivity index (χ3v) is 4.11. The molecule has 3 heterocycles. The van der Waals surface area contributed by atoms with Crippen LogP contribution in [0.25, 0.3) is 22.4 Å². The maximum Gasteiger partial charge on any atom is 0.165 e. The molecule has 0 aliphatic carbocycles.